The normalized spacial score (nSPS) is 14.3. The molecule has 2 aliphatic rings. The van der Waals surface area contributed by atoms with Gasteiger partial charge in [-0.15, -0.1) is 5.53 Å². The molecule has 1 aromatic rings. The van der Waals surface area contributed by atoms with E-state index in [2.05, 4.69) is 50.1 Å². The molecule has 2 N–H and O–H groups in total. The van der Waals surface area contributed by atoms with Crippen LogP contribution >= 0.6 is 11.8 Å². The van der Waals surface area contributed by atoms with Crippen LogP contribution in [0.3, 0.4) is 0 Å². The Kier molecular flexibility index (Phi) is 50.6. The summed E-state index contributed by atoms with van der Waals surface area (Å²) >= 11 is 1.41. The monoisotopic (exact) mass is 1220 g/mol. The lowest BCUT2D eigenvalue weighted by atomic mass is 10.1. The molecule has 494 valence electrons. The van der Waals surface area contributed by atoms with Crippen LogP contribution in [-0.4, -0.2) is 165 Å². The summed E-state index contributed by atoms with van der Waals surface area (Å²) in [5.74, 6) is 2.08. The van der Waals surface area contributed by atoms with Crippen LogP contribution in [0.4, 0.5) is 0 Å². The van der Waals surface area contributed by atoms with Crippen molar-refractivity contribution in [3.63, 3.8) is 0 Å². The summed E-state index contributed by atoms with van der Waals surface area (Å²) in [6, 6.07) is 4.31. The van der Waals surface area contributed by atoms with Crippen molar-refractivity contribution in [2.24, 2.45) is 0 Å². The standard InChI is InChI=1S/C67H122N4O13S/c1-5-8-11-14-17-20-23-26-29-32-36-82-62-54-60(55-63(83-37-33-30-27-24-21-18-15-12-9-6-2)66(62)84-38-34-31-28-25-22-19-16-13-10-7-3)57-70-58-61(68-69-70)59-81-53-52-80-51-50-79-49-48-78-47-46-77-45-44-76-43-42-75-41-40-74-39-35-71-65(72)56-64(85-4)67(71)73/h54-55,58,64,68-69H,5-53,56-57,59H2,1-4H3. The van der Waals surface area contributed by atoms with Crippen LogP contribution < -0.4 is 25.2 Å². The molecule has 2 amide bonds. The van der Waals surface area contributed by atoms with Gasteiger partial charge in [-0.1, -0.05) is 194 Å². The first-order valence-corrected chi connectivity index (χ1v) is 35.3. The molecule has 17 nitrogen and oxygen atoms in total. The van der Waals surface area contributed by atoms with E-state index in [-0.39, 0.29) is 30.0 Å². The lowest BCUT2D eigenvalue weighted by molar-refractivity contribution is -0.139. The number of hydrogen-bond acceptors (Lipinski definition) is 17. The molecule has 1 saturated heterocycles. The van der Waals surface area contributed by atoms with Crippen molar-refractivity contribution in [2.45, 2.75) is 232 Å². The second kappa shape index (κ2) is 56.3. The van der Waals surface area contributed by atoms with Crippen molar-refractivity contribution in [3.05, 3.63) is 29.6 Å². The van der Waals surface area contributed by atoms with Crippen molar-refractivity contribution in [2.75, 3.05) is 138 Å². The predicted molar refractivity (Wildman–Crippen MR) is 344 cm³/mol. The number of nitrogens with zero attached hydrogens (tertiary/aromatic N) is 2. The van der Waals surface area contributed by atoms with Crippen LogP contribution in [0.25, 0.3) is 0 Å². The summed E-state index contributed by atoms with van der Waals surface area (Å²) in [7, 11) is 0. The Morgan fingerprint density at radius 2 is 0.776 bits per heavy atom. The minimum Gasteiger partial charge on any atom is -0.490 e. The highest BCUT2D eigenvalue weighted by Gasteiger charge is 2.37. The van der Waals surface area contributed by atoms with E-state index in [9.17, 15) is 9.59 Å². The average Bonchev–Trinajstić information content (AvgIpc) is 4.11. The summed E-state index contributed by atoms with van der Waals surface area (Å²) < 4.78 is 65.1. The molecule has 0 bridgehead atoms. The molecule has 2 heterocycles. The Bertz CT molecular complexity index is 1710. The van der Waals surface area contributed by atoms with Gasteiger partial charge in [-0.2, -0.15) is 11.8 Å². The summed E-state index contributed by atoms with van der Waals surface area (Å²) in [5, 5.41) is 1.77. The molecule has 0 aliphatic carbocycles. The molecule has 0 radical (unpaired) electrons. The van der Waals surface area contributed by atoms with Gasteiger partial charge in [0, 0.05) is 12.6 Å². The maximum absolute atomic E-state index is 12.1. The van der Waals surface area contributed by atoms with Crippen LogP contribution in [0.1, 0.15) is 225 Å². The van der Waals surface area contributed by atoms with Crippen LogP contribution in [0.15, 0.2) is 24.0 Å². The molecular formula is C67H122N4O13S. The zero-order chi connectivity index (χ0) is 60.6. The molecule has 0 saturated carbocycles. The largest absolute Gasteiger partial charge is 0.490 e. The van der Waals surface area contributed by atoms with Gasteiger partial charge in [0.25, 0.3) is 0 Å². The van der Waals surface area contributed by atoms with E-state index in [0.717, 1.165) is 47.8 Å². The summed E-state index contributed by atoms with van der Waals surface area (Å²) in [4.78, 5) is 25.4. The van der Waals surface area contributed by atoms with E-state index in [0.29, 0.717) is 132 Å². The Hall–Kier alpha value is -2.91. The second-order valence-corrected chi connectivity index (χ2v) is 23.7. The number of amides is 2. The third-order valence-corrected chi connectivity index (χ3v) is 16.1. The molecule has 0 aromatic heterocycles. The lowest BCUT2D eigenvalue weighted by Gasteiger charge is -2.21. The van der Waals surface area contributed by atoms with E-state index in [1.165, 1.54) is 190 Å². The molecule has 18 heteroatoms. The van der Waals surface area contributed by atoms with Crippen LogP contribution in [-0.2, 0) is 54.0 Å². The van der Waals surface area contributed by atoms with E-state index < -0.39 is 0 Å². The van der Waals surface area contributed by atoms with Crippen molar-refractivity contribution >= 4 is 23.6 Å². The van der Waals surface area contributed by atoms with Gasteiger partial charge in [0.1, 0.15) is 0 Å². The van der Waals surface area contributed by atoms with Gasteiger partial charge < -0.3 is 57.5 Å². The average molecular weight is 1220 g/mol. The van der Waals surface area contributed by atoms with Gasteiger partial charge in [0.2, 0.25) is 17.6 Å². The van der Waals surface area contributed by atoms with Crippen LogP contribution in [0, 0.1) is 0 Å². The third-order valence-electron chi connectivity index (χ3n) is 15.2. The van der Waals surface area contributed by atoms with E-state index in [4.69, 9.17) is 52.1 Å². The maximum atomic E-state index is 12.1. The van der Waals surface area contributed by atoms with Crippen molar-refractivity contribution < 1.29 is 61.7 Å². The van der Waals surface area contributed by atoms with E-state index >= 15 is 0 Å². The number of hydrazine groups is 2. The van der Waals surface area contributed by atoms with Gasteiger partial charge in [0.15, 0.2) is 11.5 Å². The highest BCUT2D eigenvalue weighted by Crippen LogP contribution is 2.40. The number of nitrogens with one attached hydrogen (secondary N) is 2. The van der Waals surface area contributed by atoms with Crippen LogP contribution in [0.2, 0.25) is 0 Å². The number of imide groups is 1. The quantitative estimate of drug-likeness (QED) is 0.0467. The van der Waals surface area contributed by atoms with Crippen molar-refractivity contribution in [1.29, 1.82) is 0 Å². The highest BCUT2D eigenvalue weighted by molar-refractivity contribution is 8.00. The number of hydrogen-bond donors (Lipinski definition) is 2. The van der Waals surface area contributed by atoms with Gasteiger partial charge >= 0.3 is 0 Å². The van der Waals surface area contributed by atoms with Crippen molar-refractivity contribution in [1.82, 2.24) is 20.9 Å². The first-order valence-electron chi connectivity index (χ1n) is 34.0. The Morgan fingerprint density at radius 3 is 1.14 bits per heavy atom. The fraction of sp³-hybridized carbons (Fsp3) is 0.851. The van der Waals surface area contributed by atoms with Crippen LogP contribution in [0.5, 0.6) is 17.2 Å². The molecule has 1 unspecified atom stereocenters. The molecule has 2 aliphatic heterocycles. The van der Waals surface area contributed by atoms with E-state index in [1.54, 1.807) is 0 Å². The number of thioether (sulfide) groups is 1. The summed E-state index contributed by atoms with van der Waals surface area (Å²) in [6.45, 7) is 16.9. The number of benzene rings is 1. The van der Waals surface area contributed by atoms with Gasteiger partial charge in [-0.25, -0.2) is 0 Å². The number of ether oxygens (including phenoxy) is 11. The lowest BCUT2D eigenvalue weighted by Crippen LogP contribution is -2.36. The summed E-state index contributed by atoms with van der Waals surface area (Å²) in [6.07, 6.45) is 42.8. The number of rotatable bonds is 65. The molecule has 1 aromatic carbocycles. The predicted octanol–water partition coefficient (Wildman–Crippen LogP) is 13.9. The third kappa shape index (κ3) is 41.1. The molecule has 1 atom stereocenters. The molecule has 0 spiro atoms. The number of carbonyl (C=O) groups is 2. The van der Waals surface area contributed by atoms with Gasteiger partial charge in [-0.05, 0) is 43.2 Å². The molecule has 85 heavy (non-hydrogen) atoms. The smallest absolute Gasteiger partial charge is 0.242 e. The fourth-order valence-corrected chi connectivity index (χ4v) is 10.7. The number of carbonyl (C=O) groups excluding carboxylic acids is 2. The zero-order valence-corrected chi connectivity index (χ0v) is 55.0. The Morgan fingerprint density at radius 1 is 0.435 bits per heavy atom. The fourth-order valence-electron chi connectivity index (χ4n) is 10.1. The van der Waals surface area contributed by atoms with Gasteiger partial charge in [0.05, 0.1) is 150 Å². The second-order valence-electron chi connectivity index (χ2n) is 22.7. The number of unbranched alkanes of at least 4 members (excludes halogenated alkanes) is 27. The van der Waals surface area contributed by atoms with Gasteiger partial charge in [-0.3, -0.25) is 19.5 Å². The minimum atomic E-state index is -0.263. The maximum Gasteiger partial charge on any atom is 0.242 e. The zero-order valence-electron chi connectivity index (χ0n) is 54.2. The highest BCUT2D eigenvalue weighted by atomic mass is 32.2. The summed E-state index contributed by atoms with van der Waals surface area (Å²) in [5.41, 5.74) is 8.59. The number of likely N-dealkylation sites (tertiary alicyclic amines) is 1. The SMILES string of the molecule is CCCCCCCCCCCCOc1cc(CN2C=C(COCCOCCOCCOCCOCCOCCOCCOCCN3C(=O)CC(SC)C3=O)NN2)cc(OCCCCCCCCCCCC)c1OCCCCCCCCCCCC. The van der Waals surface area contributed by atoms with Crippen molar-refractivity contribution in [3.8, 4) is 17.2 Å². The molecule has 3 rings (SSSR count). The first-order chi connectivity index (χ1) is 42.0. The van der Waals surface area contributed by atoms with E-state index in [1.807, 2.05) is 11.3 Å². The molecule has 1 fully saturated rings. The molecular weight excluding hydrogens is 1100 g/mol. The Labute approximate surface area is 520 Å². The minimum absolute atomic E-state index is 0.122. The first kappa shape index (κ1) is 76.3. The Balaban J connectivity index is 1.32. The topological polar surface area (TPSA) is 166 Å².